The summed E-state index contributed by atoms with van der Waals surface area (Å²) in [5, 5.41) is 6.47. The minimum absolute atomic E-state index is 0.0270. The number of fused-ring (bicyclic) bond motifs is 1. The topological polar surface area (TPSA) is 76.0 Å². The molecule has 6 heteroatoms. The first-order chi connectivity index (χ1) is 13.9. The minimum Gasteiger partial charge on any atom is -0.351 e. The number of nitrogens with zero attached hydrogens (tertiary/aromatic N) is 2. The maximum Gasteiger partial charge on any atom is 0.226 e. The van der Waals surface area contributed by atoms with Gasteiger partial charge in [-0.2, -0.15) is 0 Å². The molecule has 0 spiro atoms. The molecule has 4 aliphatic rings. The number of aryl methyl sites for hydroxylation is 1. The van der Waals surface area contributed by atoms with Crippen LogP contribution in [0.2, 0.25) is 0 Å². The highest BCUT2D eigenvalue weighted by molar-refractivity contribution is 5.84. The van der Waals surface area contributed by atoms with Gasteiger partial charge in [-0.3, -0.25) is 9.59 Å². The lowest BCUT2D eigenvalue weighted by molar-refractivity contribution is -0.153. The van der Waals surface area contributed by atoms with Gasteiger partial charge in [0.2, 0.25) is 11.8 Å². The molecule has 2 amide bonds. The van der Waals surface area contributed by atoms with E-state index < -0.39 is 0 Å². The molecule has 4 bridgehead atoms. The zero-order valence-electron chi connectivity index (χ0n) is 17.3. The van der Waals surface area contributed by atoms with E-state index in [1.54, 1.807) is 6.92 Å². The van der Waals surface area contributed by atoms with Crippen LogP contribution in [0.1, 0.15) is 58.2 Å². The quantitative estimate of drug-likeness (QED) is 0.818. The first kappa shape index (κ1) is 18.6. The van der Waals surface area contributed by atoms with Crippen molar-refractivity contribution in [2.75, 3.05) is 0 Å². The van der Waals surface area contributed by atoms with Crippen LogP contribution in [0.3, 0.4) is 0 Å². The molecule has 1 heterocycles. The highest BCUT2D eigenvalue weighted by Crippen LogP contribution is 2.61. The van der Waals surface area contributed by atoms with Crippen LogP contribution < -0.4 is 10.6 Å². The van der Waals surface area contributed by atoms with E-state index in [0.717, 1.165) is 55.5 Å². The maximum atomic E-state index is 13.5. The van der Waals surface area contributed by atoms with Crippen molar-refractivity contribution in [3.05, 3.63) is 30.1 Å². The number of amides is 2. The molecular weight excluding hydrogens is 364 g/mol. The molecule has 4 saturated carbocycles. The molecule has 29 heavy (non-hydrogen) atoms. The van der Waals surface area contributed by atoms with Crippen LogP contribution in [0.25, 0.3) is 11.0 Å². The molecule has 2 N–H and O–H groups in total. The van der Waals surface area contributed by atoms with Crippen LogP contribution >= 0.6 is 0 Å². The van der Waals surface area contributed by atoms with Gasteiger partial charge in [-0.15, -0.1) is 0 Å². The van der Waals surface area contributed by atoms with Crippen molar-refractivity contribution in [3.63, 3.8) is 0 Å². The lowest BCUT2D eigenvalue weighted by Crippen LogP contribution is -2.65. The van der Waals surface area contributed by atoms with Crippen LogP contribution in [-0.4, -0.2) is 26.9 Å². The van der Waals surface area contributed by atoms with Crippen molar-refractivity contribution < 1.29 is 9.59 Å². The van der Waals surface area contributed by atoms with Gasteiger partial charge in [0, 0.05) is 19.0 Å². The highest BCUT2D eigenvalue weighted by Gasteiger charge is 2.60. The van der Waals surface area contributed by atoms with E-state index >= 15 is 0 Å². The second kappa shape index (κ2) is 6.57. The fourth-order valence-electron chi connectivity index (χ4n) is 7.01. The van der Waals surface area contributed by atoms with Crippen LogP contribution in [0.5, 0.6) is 0 Å². The van der Waals surface area contributed by atoms with Gasteiger partial charge in [-0.1, -0.05) is 12.1 Å². The van der Waals surface area contributed by atoms with E-state index in [-0.39, 0.29) is 22.8 Å². The van der Waals surface area contributed by atoms with Gasteiger partial charge in [-0.25, -0.2) is 4.98 Å². The average Bonchev–Trinajstić information content (AvgIpc) is 3.01. The van der Waals surface area contributed by atoms with Crippen molar-refractivity contribution >= 4 is 22.8 Å². The molecule has 4 aliphatic carbocycles. The van der Waals surface area contributed by atoms with E-state index in [1.807, 2.05) is 18.2 Å². The third-order valence-corrected chi connectivity index (χ3v) is 7.44. The van der Waals surface area contributed by atoms with Crippen LogP contribution in [0.15, 0.2) is 24.3 Å². The monoisotopic (exact) mass is 394 g/mol. The molecule has 0 saturated heterocycles. The number of carbonyl (C=O) groups excluding carboxylic acids is 2. The summed E-state index contributed by atoms with van der Waals surface area (Å²) in [6.45, 7) is 4.98. The van der Waals surface area contributed by atoms with Crippen LogP contribution in [-0.2, 0) is 22.7 Å². The van der Waals surface area contributed by atoms with Crippen molar-refractivity contribution in [1.82, 2.24) is 20.2 Å². The second-order valence-corrected chi connectivity index (χ2v) is 9.65. The average molecular weight is 395 g/mol. The molecule has 1 aromatic heterocycles. The minimum atomic E-state index is -0.338. The van der Waals surface area contributed by atoms with Crippen molar-refractivity contribution in [3.8, 4) is 0 Å². The van der Waals surface area contributed by atoms with Gasteiger partial charge >= 0.3 is 0 Å². The lowest BCUT2D eigenvalue weighted by atomic mass is 9.46. The van der Waals surface area contributed by atoms with E-state index in [4.69, 9.17) is 4.98 Å². The number of aromatic nitrogens is 2. The number of imidazole rings is 1. The van der Waals surface area contributed by atoms with Gasteiger partial charge in [0.15, 0.2) is 0 Å². The Morgan fingerprint density at radius 3 is 2.59 bits per heavy atom. The number of rotatable bonds is 5. The third kappa shape index (κ3) is 3.04. The summed E-state index contributed by atoms with van der Waals surface area (Å²) >= 11 is 0. The second-order valence-electron chi connectivity index (χ2n) is 9.65. The Hall–Kier alpha value is -2.37. The summed E-state index contributed by atoms with van der Waals surface area (Å²) in [6.07, 6.45) is 5.97. The first-order valence-electron chi connectivity index (χ1n) is 10.9. The zero-order chi connectivity index (χ0) is 20.2. The number of hydrogen-bond donors (Lipinski definition) is 2. The maximum absolute atomic E-state index is 13.5. The normalized spacial score (nSPS) is 32.5. The Morgan fingerprint density at radius 1 is 1.17 bits per heavy atom. The highest BCUT2D eigenvalue weighted by atomic mass is 16.2. The SMILES string of the molecule is CCn1c(CNC(=O)C23C[C@@H]4C[C@H](CC(NC(C)=O)(C4)C2)C3)nc2ccccc21. The van der Waals surface area contributed by atoms with Gasteiger partial charge < -0.3 is 15.2 Å². The van der Waals surface area contributed by atoms with E-state index in [0.29, 0.717) is 18.4 Å². The molecule has 2 atom stereocenters. The standard InChI is InChI=1S/C23H30N4O2/c1-3-27-19-7-5-4-6-18(19)25-20(27)13-24-21(29)22-9-16-8-17(10-22)12-23(11-16,14-22)26-15(2)28/h4-7,16-17H,3,8-14H2,1-2H3,(H,24,29)(H,26,28)/t16-,17-,22?,23?/m0/s1. The summed E-state index contributed by atoms with van der Waals surface area (Å²) in [4.78, 5) is 30.0. The molecule has 6 nitrogen and oxygen atoms in total. The van der Waals surface area contributed by atoms with Crippen LogP contribution in [0.4, 0.5) is 0 Å². The van der Waals surface area contributed by atoms with Gasteiger partial charge in [0.25, 0.3) is 0 Å². The van der Waals surface area contributed by atoms with E-state index in [2.05, 4.69) is 28.2 Å². The zero-order valence-corrected chi connectivity index (χ0v) is 17.3. The summed E-state index contributed by atoms with van der Waals surface area (Å²) in [6, 6.07) is 8.11. The smallest absolute Gasteiger partial charge is 0.226 e. The van der Waals surface area contributed by atoms with Crippen molar-refractivity contribution in [2.45, 2.75) is 71.0 Å². The molecule has 1 aromatic carbocycles. The predicted molar refractivity (Wildman–Crippen MR) is 111 cm³/mol. The fourth-order valence-corrected chi connectivity index (χ4v) is 7.01. The van der Waals surface area contributed by atoms with E-state index in [1.165, 1.54) is 6.42 Å². The molecule has 2 aromatic rings. The largest absolute Gasteiger partial charge is 0.351 e. The number of hydrogen-bond acceptors (Lipinski definition) is 3. The molecule has 0 unspecified atom stereocenters. The molecular formula is C23H30N4O2. The molecule has 4 fully saturated rings. The molecule has 154 valence electrons. The van der Waals surface area contributed by atoms with Crippen LogP contribution in [0, 0.1) is 17.3 Å². The summed E-state index contributed by atoms with van der Waals surface area (Å²) in [7, 11) is 0. The third-order valence-electron chi connectivity index (χ3n) is 7.44. The number of benzene rings is 1. The Kier molecular flexibility index (Phi) is 4.23. The molecule has 0 aliphatic heterocycles. The number of carbonyl (C=O) groups is 2. The van der Waals surface area contributed by atoms with Crippen molar-refractivity contribution in [2.24, 2.45) is 17.3 Å². The van der Waals surface area contributed by atoms with E-state index in [9.17, 15) is 9.59 Å². The lowest BCUT2D eigenvalue weighted by Gasteiger charge is -2.61. The van der Waals surface area contributed by atoms with Gasteiger partial charge in [-0.05, 0) is 69.4 Å². The summed E-state index contributed by atoms with van der Waals surface area (Å²) < 4.78 is 2.17. The number of para-hydroxylation sites is 2. The molecule has 0 radical (unpaired) electrons. The molecule has 6 rings (SSSR count). The number of nitrogens with one attached hydrogen (secondary N) is 2. The van der Waals surface area contributed by atoms with Crippen molar-refractivity contribution in [1.29, 1.82) is 0 Å². The Bertz CT molecular complexity index is 964. The first-order valence-corrected chi connectivity index (χ1v) is 10.9. The summed E-state index contributed by atoms with van der Waals surface area (Å²) in [5.41, 5.74) is 1.57. The summed E-state index contributed by atoms with van der Waals surface area (Å²) in [5.74, 6) is 2.18. The fraction of sp³-hybridized carbons (Fsp3) is 0.609. The van der Waals surface area contributed by atoms with Gasteiger partial charge in [0.05, 0.1) is 23.0 Å². The Balaban J connectivity index is 1.37. The Morgan fingerprint density at radius 2 is 1.90 bits per heavy atom. The Labute approximate surface area is 171 Å². The predicted octanol–water partition coefficient (Wildman–Crippen LogP) is 3.15. The van der Waals surface area contributed by atoms with Gasteiger partial charge in [0.1, 0.15) is 5.82 Å².